The minimum absolute atomic E-state index is 0. The molecule has 0 bridgehead atoms. The van der Waals surface area contributed by atoms with E-state index in [2.05, 4.69) is 47.7 Å². The summed E-state index contributed by atoms with van der Waals surface area (Å²) < 4.78 is 0. The fraction of sp³-hybridized carbons (Fsp3) is 0.462. The summed E-state index contributed by atoms with van der Waals surface area (Å²) in [5.41, 5.74) is 4.16. The zero-order chi connectivity index (χ0) is 12.0. The first-order chi connectivity index (χ1) is 7.69. The van der Waals surface area contributed by atoms with Crippen LogP contribution in [0, 0.1) is 13.8 Å². The third-order valence-electron chi connectivity index (χ3n) is 2.77. The predicted molar refractivity (Wildman–Crippen MR) is 85.5 cm³/mol. The summed E-state index contributed by atoms with van der Waals surface area (Å²) in [7, 11) is 3.65. The molecule has 96 valence electrons. The van der Waals surface area contributed by atoms with E-state index in [-0.39, 0.29) is 24.0 Å². The maximum Gasteiger partial charge on any atom is 0.190 e. The third-order valence-corrected chi connectivity index (χ3v) is 2.77. The van der Waals surface area contributed by atoms with Crippen LogP contribution in [-0.2, 0) is 6.42 Å². The van der Waals surface area contributed by atoms with Crippen molar-refractivity contribution in [1.82, 2.24) is 10.6 Å². The lowest BCUT2D eigenvalue weighted by Gasteiger charge is -2.11. The van der Waals surface area contributed by atoms with Gasteiger partial charge in [-0.25, -0.2) is 0 Å². The number of guanidine groups is 1. The number of hydrogen-bond donors (Lipinski definition) is 2. The normalized spacial score (nSPS) is 10.7. The maximum absolute atomic E-state index is 4.08. The molecule has 0 aliphatic carbocycles. The van der Waals surface area contributed by atoms with Crippen LogP contribution < -0.4 is 10.6 Å². The Morgan fingerprint density at radius 3 is 2.29 bits per heavy atom. The maximum atomic E-state index is 4.08. The van der Waals surface area contributed by atoms with Crippen LogP contribution in [-0.4, -0.2) is 26.6 Å². The quantitative estimate of drug-likeness (QED) is 0.500. The van der Waals surface area contributed by atoms with E-state index in [0.29, 0.717) is 0 Å². The van der Waals surface area contributed by atoms with Gasteiger partial charge in [0, 0.05) is 20.6 Å². The Hall–Kier alpha value is -0.780. The molecule has 0 aromatic heterocycles. The fourth-order valence-electron chi connectivity index (χ4n) is 1.83. The van der Waals surface area contributed by atoms with E-state index in [4.69, 9.17) is 0 Å². The topological polar surface area (TPSA) is 36.4 Å². The zero-order valence-electron chi connectivity index (χ0n) is 11.0. The molecule has 0 aliphatic heterocycles. The number of hydrogen-bond acceptors (Lipinski definition) is 1. The molecule has 2 N–H and O–H groups in total. The van der Waals surface area contributed by atoms with E-state index < -0.39 is 0 Å². The molecule has 0 atom stereocenters. The largest absolute Gasteiger partial charge is 0.359 e. The van der Waals surface area contributed by atoms with Gasteiger partial charge in [0.05, 0.1) is 0 Å². The van der Waals surface area contributed by atoms with Gasteiger partial charge in [-0.05, 0) is 37.0 Å². The van der Waals surface area contributed by atoms with Crippen molar-refractivity contribution < 1.29 is 0 Å². The third kappa shape index (κ3) is 4.93. The van der Waals surface area contributed by atoms with Crippen LogP contribution in [0.4, 0.5) is 0 Å². The Labute approximate surface area is 121 Å². The molecule has 0 unspecified atom stereocenters. The van der Waals surface area contributed by atoms with Crippen LogP contribution in [0.5, 0.6) is 0 Å². The van der Waals surface area contributed by atoms with Crippen LogP contribution in [0.3, 0.4) is 0 Å². The van der Waals surface area contributed by atoms with E-state index in [1.54, 1.807) is 7.05 Å². The Kier molecular flexibility index (Phi) is 7.95. The predicted octanol–water partition coefficient (Wildman–Crippen LogP) is 2.26. The van der Waals surface area contributed by atoms with Crippen molar-refractivity contribution in [3.05, 3.63) is 34.9 Å². The first-order valence-corrected chi connectivity index (χ1v) is 5.62. The average Bonchev–Trinajstić information content (AvgIpc) is 2.28. The van der Waals surface area contributed by atoms with E-state index in [9.17, 15) is 0 Å². The lowest BCUT2D eigenvalue weighted by Crippen LogP contribution is -2.35. The molecule has 1 aromatic rings. The highest BCUT2D eigenvalue weighted by atomic mass is 127. The molecule has 17 heavy (non-hydrogen) atoms. The standard InChI is InChI=1S/C13H21N3.HI/c1-10-6-5-7-11(2)12(10)8-9-16-13(14-3)15-4;/h5-7H,8-9H2,1-4H3,(H2,14,15,16);1H. The molecule has 0 aliphatic rings. The van der Waals surface area contributed by atoms with Gasteiger partial charge in [0.15, 0.2) is 5.96 Å². The monoisotopic (exact) mass is 347 g/mol. The summed E-state index contributed by atoms with van der Waals surface area (Å²) >= 11 is 0. The van der Waals surface area contributed by atoms with E-state index in [1.807, 2.05) is 7.05 Å². The molecule has 3 nitrogen and oxygen atoms in total. The highest BCUT2D eigenvalue weighted by molar-refractivity contribution is 14.0. The number of rotatable bonds is 3. The second-order valence-electron chi connectivity index (χ2n) is 3.87. The first-order valence-electron chi connectivity index (χ1n) is 5.62. The Morgan fingerprint density at radius 1 is 1.24 bits per heavy atom. The number of benzene rings is 1. The molecule has 1 rings (SSSR count). The lowest BCUT2D eigenvalue weighted by atomic mass is 10.0. The molecule has 0 heterocycles. The number of nitrogens with one attached hydrogen (secondary N) is 2. The molecule has 4 heteroatoms. The Morgan fingerprint density at radius 2 is 1.82 bits per heavy atom. The summed E-state index contributed by atoms with van der Waals surface area (Å²) in [6, 6.07) is 6.43. The highest BCUT2D eigenvalue weighted by Crippen LogP contribution is 2.13. The van der Waals surface area contributed by atoms with Gasteiger partial charge >= 0.3 is 0 Å². The first kappa shape index (κ1) is 16.2. The van der Waals surface area contributed by atoms with Crippen molar-refractivity contribution in [1.29, 1.82) is 0 Å². The minimum atomic E-state index is 0. The summed E-state index contributed by atoms with van der Waals surface area (Å²) in [6.45, 7) is 5.23. The second-order valence-corrected chi connectivity index (χ2v) is 3.87. The Bertz CT molecular complexity index is 355. The van der Waals surface area contributed by atoms with E-state index >= 15 is 0 Å². The van der Waals surface area contributed by atoms with E-state index in [0.717, 1.165) is 18.9 Å². The van der Waals surface area contributed by atoms with Crippen LogP contribution in [0.25, 0.3) is 0 Å². The van der Waals surface area contributed by atoms with Crippen molar-refractivity contribution in [2.75, 3.05) is 20.6 Å². The van der Waals surface area contributed by atoms with Crippen LogP contribution in [0.2, 0.25) is 0 Å². The molecular formula is C13H22IN3. The van der Waals surface area contributed by atoms with Gasteiger partial charge in [-0.1, -0.05) is 18.2 Å². The van der Waals surface area contributed by atoms with Crippen molar-refractivity contribution >= 4 is 29.9 Å². The van der Waals surface area contributed by atoms with Gasteiger partial charge in [0.25, 0.3) is 0 Å². The van der Waals surface area contributed by atoms with Gasteiger partial charge in [0.1, 0.15) is 0 Å². The van der Waals surface area contributed by atoms with Crippen LogP contribution in [0.15, 0.2) is 23.2 Å². The molecule has 0 radical (unpaired) electrons. The van der Waals surface area contributed by atoms with Gasteiger partial charge in [-0.2, -0.15) is 0 Å². The number of halogens is 1. The number of aliphatic imine (C=N–C) groups is 1. The highest BCUT2D eigenvalue weighted by Gasteiger charge is 2.01. The summed E-state index contributed by atoms with van der Waals surface area (Å²) in [5.74, 6) is 0.839. The van der Waals surface area contributed by atoms with Gasteiger partial charge in [-0.15, -0.1) is 24.0 Å². The van der Waals surface area contributed by atoms with Crippen LogP contribution in [0.1, 0.15) is 16.7 Å². The van der Waals surface area contributed by atoms with Crippen molar-refractivity contribution in [3.8, 4) is 0 Å². The number of aryl methyl sites for hydroxylation is 2. The summed E-state index contributed by atoms with van der Waals surface area (Å²) in [6.07, 6.45) is 1.03. The fourth-order valence-corrected chi connectivity index (χ4v) is 1.83. The van der Waals surface area contributed by atoms with Gasteiger partial charge < -0.3 is 10.6 Å². The van der Waals surface area contributed by atoms with E-state index in [1.165, 1.54) is 16.7 Å². The van der Waals surface area contributed by atoms with Crippen molar-refractivity contribution in [2.24, 2.45) is 4.99 Å². The molecular weight excluding hydrogens is 325 g/mol. The van der Waals surface area contributed by atoms with Crippen molar-refractivity contribution in [2.45, 2.75) is 20.3 Å². The second kappa shape index (κ2) is 8.33. The molecule has 0 saturated heterocycles. The molecule has 0 spiro atoms. The zero-order valence-corrected chi connectivity index (χ0v) is 13.3. The minimum Gasteiger partial charge on any atom is -0.359 e. The molecule has 0 amide bonds. The summed E-state index contributed by atoms with van der Waals surface area (Å²) in [4.78, 5) is 4.08. The van der Waals surface area contributed by atoms with Crippen LogP contribution >= 0.6 is 24.0 Å². The SMILES string of the molecule is CN=C(NC)NCCc1c(C)cccc1C.I. The average molecular weight is 347 g/mol. The molecule has 0 saturated carbocycles. The lowest BCUT2D eigenvalue weighted by molar-refractivity contribution is 0.826. The number of nitrogens with zero attached hydrogens (tertiary/aromatic N) is 1. The molecule has 0 fully saturated rings. The Balaban J connectivity index is 0.00000256. The van der Waals surface area contributed by atoms with Gasteiger partial charge in [0.2, 0.25) is 0 Å². The van der Waals surface area contributed by atoms with Gasteiger partial charge in [-0.3, -0.25) is 4.99 Å². The van der Waals surface area contributed by atoms with Crippen molar-refractivity contribution in [3.63, 3.8) is 0 Å². The molecule has 1 aromatic carbocycles. The smallest absolute Gasteiger partial charge is 0.190 e. The summed E-state index contributed by atoms with van der Waals surface area (Å²) in [5, 5.41) is 6.27.